The standard InChI is InChI=1S/C43H29Br/c1-43(2)39-14-8-7-13-33(39)35-24-37-38(25-40(35)43)42(31-18-16-27-10-4-6-12-29(27)22-31)36-23-32(44)19-20-34(36)41(37)30-17-15-26-9-3-5-11-28(26)21-30/h3-25H,1-2H3. The molecule has 1 aliphatic carbocycles. The van der Waals surface area contributed by atoms with Gasteiger partial charge in [0, 0.05) is 9.89 Å². The SMILES string of the molecule is CC1(C)c2ccccc2-c2cc3c(-c4ccc5ccccc5c4)c4ccc(Br)cc4c(-c4ccc5ccccc5c4)c3cc21. The van der Waals surface area contributed by atoms with Gasteiger partial charge in [0.1, 0.15) is 0 Å². The van der Waals surface area contributed by atoms with Crippen molar-refractivity contribution in [1.29, 1.82) is 0 Å². The van der Waals surface area contributed by atoms with Gasteiger partial charge in [-0.3, -0.25) is 0 Å². The molecule has 0 nitrogen and oxygen atoms in total. The Bertz CT molecular complexity index is 2480. The third kappa shape index (κ3) is 3.69. The van der Waals surface area contributed by atoms with E-state index in [-0.39, 0.29) is 5.41 Å². The van der Waals surface area contributed by atoms with Crippen LogP contribution in [0.4, 0.5) is 0 Å². The zero-order valence-corrected chi connectivity index (χ0v) is 26.2. The molecule has 8 aromatic rings. The molecule has 9 rings (SSSR count). The van der Waals surface area contributed by atoms with Gasteiger partial charge in [-0.1, -0.05) is 133 Å². The van der Waals surface area contributed by atoms with Gasteiger partial charge in [-0.2, -0.15) is 0 Å². The van der Waals surface area contributed by atoms with E-state index in [4.69, 9.17) is 0 Å². The van der Waals surface area contributed by atoms with Crippen molar-refractivity contribution in [3.05, 3.63) is 155 Å². The third-order valence-electron chi connectivity index (χ3n) is 9.86. The van der Waals surface area contributed by atoms with E-state index in [1.165, 1.54) is 87.6 Å². The Morgan fingerprint density at radius 3 is 1.64 bits per heavy atom. The minimum atomic E-state index is -0.0872. The predicted octanol–water partition coefficient (Wildman–Crippen LogP) is 12.7. The number of hydrogen-bond donors (Lipinski definition) is 0. The minimum Gasteiger partial charge on any atom is -0.0619 e. The lowest BCUT2D eigenvalue weighted by molar-refractivity contribution is 0.661. The summed E-state index contributed by atoms with van der Waals surface area (Å²) in [5.74, 6) is 0. The molecule has 0 amide bonds. The molecule has 0 unspecified atom stereocenters. The Hall–Kier alpha value is -4.72. The summed E-state index contributed by atoms with van der Waals surface area (Å²) in [6.07, 6.45) is 0. The number of fused-ring (bicyclic) bond motifs is 7. The average molecular weight is 626 g/mol. The van der Waals surface area contributed by atoms with Crippen LogP contribution in [0, 0.1) is 0 Å². The Kier molecular flexibility index (Phi) is 5.49. The van der Waals surface area contributed by atoms with Crippen LogP contribution < -0.4 is 0 Å². The van der Waals surface area contributed by atoms with Gasteiger partial charge in [0.15, 0.2) is 0 Å². The van der Waals surface area contributed by atoms with E-state index in [1.807, 2.05) is 0 Å². The predicted molar refractivity (Wildman–Crippen MR) is 193 cm³/mol. The lowest BCUT2D eigenvalue weighted by atomic mass is 9.79. The molecule has 8 aromatic carbocycles. The topological polar surface area (TPSA) is 0 Å². The molecule has 0 N–H and O–H groups in total. The molecule has 0 spiro atoms. The van der Waals surface area contributed by atoms with Crippen molar-refractivity contribution < 1.29 is 0 Å². The highest BCUT2D eigenvalue weighted by Gasteiger charge is 2.36. The Morgan fingerprint density at radius 2 is 0.955 bits per heavy atom. The van der Waals surface area contributed by atoms with Crippen molar-refractivity contribution in [2.75, 3.05) is 0 Å². The van der Waals surface area contributed by atoms with Gasteiger partial charge >= 0.3 is 0 Å². The third-order valence-corrected chi connectivity index (χ3v) is 10.4. The first-order valence-corrected chi connectivity index (χ1v) is 16.1. The fraction of sp³-hybridized carbons (Fsp3) is 0.0698. The molecule has 1 aliphatic rings. The van der Waals surface area contributed by atoms with Crippen LogP contribution in [0.5, 0.6) is 0 Å². The van der Waals surface area contributed by atoms with Crippen molar-refractivity contribution in [2.24, 2.45) is 0 Å². The van der Waals surface area contributed by atoms with E-state index in [0.717, 1.165) is 4.47 Å². The molecular weight excluding hydrogens is 596 g/mol. The maximum atomic E-state index is 3.84. The first kappa shape index (κ1) is 25.7. The zero-order chi connectivity index (χ0) is 29.6. The van der Waals surface area contributed by atoms with Crippen LogP contribution in [0.3, 0.4) is 0 Å². The fourth-order valence-electron chi connectivity index (χ4n) is 7.70. The van der Waals surface area contributed by atoms with E-state index >= 15 is 0 Å². The summed E-state index contributed by atoms with van der Waals surface area (Å²) < 4.78 is 1.09. The quantitative estimate of drug-likeness (QED) is 0.168. The first-order chi connectivity index (χ1) is 21.5. The van der Waals surface area contributed by atoms with Crippen LogP contribution in [0.15, 0.2) is 144 Å². The van der Waals surface area contributed by atoms with Crippen molar-refractivity contribution in [3.8, 4) is 33.4 Å². The van der Waals surface area contributed by atoms with Crippen LogP contribution in [0.25, 0.3) is 76.5 Å². The van der Waals surface area contributed by atoms with Crippen molar-refractivity contribution >= 4 is 59.0 Å². The van der Waals surface area contributed by atoms with E-state index in [1.54, 1.807) is 0 Å². The summed E-state index contributed by atoms with van der Waals surface area (Å²) in [4.78, 5) is 0. The molecule has 0 aromatic heterocycles. The largest absolute Gasteiger partial charge is 0.0619 e. The molecule has 0 heterocycles. The average Bonchev–Trinajstić information content (AvgIpc) is 3.28. The summed E-state index contributed by atoms with van der Waals surface area (Å²) in [7, 11) is 0. The molecule has 0 bridgehead atoms. The van der Waals surface area contributed by atoms with Gasteiger partial charge in [0.2, 0.25) is 0 Å². The summed E-state index contributed by atoms with van der Waals surface area (Å²) in [6.45, 7) is 4.75. The van der Waals surface area contributed by atoms with Gasteiger partial charge in [0.25, 0.3) is 0 Å². The summed E-state index contributed by atoms with van der Waals surface area (Å²) in [6, 6.07) is 52.0. The molecule has 44 heavy (non-hydrogen) atoms. The van der Waals surface area contributed by atoms with E-state index < -0.39 is 0 Å². The molecule has 208 valence electrons. The second-order valence-electron chi connectivity index (χ2n) is 12.7. The van der Waals surface area contributed by atoms with E-state index in [0.29, 0.717) is 0 Å². The smallest absolute Gasteiger partial charge is 0.0181 e. The second-order valence-corrected chi connectivity index (χ2v) is 13.6. The highest BCUT2D eigenvalue weighted by Crippen LogP contribution is 2.53. The maximum absolute atomic E-state index is 3.84. The molecule has 0 fully saturated rings. The monoisotopic (exact) mass is 624 g/mol. The Balaban J connectivity index is 1.48. The lowest BCUT2D eigenvalue weighted by Gasteiger charge is -2.24. The maximum Gasteiger partial charge on any atom is 0.0181 e. The molecule has 0 saturated heterocycles. The summed E-state index contributed by atoms with van der Waals surface area (Å²) in [5, 5.41) is 10.2. The summed E-state index contributed by atoms with van der Waals surface area (Å²) >= 11 is 3.84. The van der Waals surface area contributed by atoms with Crippen molar-refractivity contribution in [2.45, 2.75) is 19.3 Å². The molecule has 0 aliphatic heterocycles. The van der Waals surface area contributed by atoms with Crippen LogP contribution in [0.2, 0.25) is 0 Å². The lowest BCUT2D eigenvalue weighted by Crippen LogP contribution is -2.14. The number of benzene rings is 8. The van der Waals surface area contributed by atoms with Gasteiger partial charge in [-0.05, 0) is 124 Å². The molecule has 0 atom stereocenters. The van der Waals surface area contributed by atoms with Crippen LogP contribution in [-0.4, -0.2) is 0 Å². The van der Waals surface area contributed by atoms with Gasteiger partial charge in [-0.15, -0.1) is 0 Å². The van der Waals surface area contributed by atoms with Crippen LogP contribution >= 0.6 is 15.9 Å². The fourth-order valence-corrected chi connectivity index (χ4v) is 8.07. The minimum absolute atomic E-state index is 0.0872. The van der Waals surface area contributed by atoms with Crippen LogP contribution in [-0.2, 0) is 5.41 Å². The van der Waals surface area contributed by atoms with E-state index in [9.17, 15) is 0 Å². The van der Waals surface area contributed by atoms with Crippen molar-refractivity contribution in [3.63, 3.8) is 0 Å². The van der Waals surface area contributed by atoms with Crippen LogP contribution in [0.1, 0.15) is 25.0 Å². The normalized spacial score (nSPS) is 13.5. The number of halogens is 1. The van der Waals surface area contributed by atoms with Gasteiger partial charge in [-0.25, -0.2) is 0 Å². The molecular formula is C43H29Br. The highest BCUT2D eigenvalue weighted by atomic mass is 79.9. The molecule has 0 saturated carbocycles. The van der Waals surface area contributed by atoms with E-state index in [2.05, 4.69) is 169 Å². The zero-order valence-electron chi connectivity index (χ0n) is 24.7. The molecule has 1 heteroatoms. The molecule has 0 radical (unpaired) electrons. The Morgan fingerprint density at radius 1 is 0.409 bits per heavy atom. The highest BCUT2D eigenvalue weighted by molar-refractivity contribution is 9.10. The van der Waals surface area contributed by atoms with Gasteiger partial charge in [0.05, 0.1) is 0 Å². The Labute approximate surface area is 265 Å². The van der Waals surface area contributed by atoms with Crippen molar-refractivity contribution in [1.82, 2.24) is 0 Å². The number of rotatable bonds is 2. The first-order valence-electron chi connectivity index (χ1n) is 15.3. The summed E-state index contributed by atoms with van der Waals surface area (Å²) in [5.41, 5.74) is 10.5. The number of hydrogen-bond acceptors (Lipinski definition) is 0. The second kappa shape index (κ2) is 9.39. The van der Waals surface area contributed by atoms with Gasteiger partial charge < -0.3 is 0 Å².